The van der Waals surface area contributed by atoms with E-state index in [-0.39, 0.29) is 0 Å². The van der Waals surface area contributed by atoms with Crippen LogP contribution in [0.3, 0.4) is 0 Å². The lowest BCUT2D eigenvalue weighted by atomic mass is 9.96. The minimum absolute atomic E-state index is 0.334. The number of aromatic nitrogens is 3. The van der Waals surface area contributed by atoms with Crippen LogP contribution in [0.25, 0.3) is 5.69 Å². The molecule has 1 aliphatic rings. The minimum Gasteiger partial charge on any atom is -0.386 e. The standard InChI is InChI=1S/C16H21N3O/c1-2-12-8-9-13(10-12)16(20)15-11-17-18-19(15)14-6-4-3-5-7-14/h3-7,11-13,16,20H,2,8-10H2,1H3. The van der Waals surface area contributed by atoms with Crippen LogP contribution >= 0.6 is 0 Å². The van der Waals surface area contributed by atoms with Gasteiger partial charge in [-0.15, -0.1) is 5.10 Å². The van der Waals surface area contributed by atoms with Crippen molar-refractivity contribution >= 4 is 0 Å². The Balaban J connectivity index is 1.83. The summed E-state index contributed by atoms with van der Waals surface area (Å²) in [6.07, 6.45) is 5.86. The van der Waals surface area contributed by atoms with Crippen molar-refractivity contribution in [3.8, 4) is 5.69 Å². The van der Waals surface area contributed by atoms with Crippen molar-refractivity contribution in [2.45, 2.75) is 38.7 Å². The van der Waals surface area contributed by atoms with E-state index in [0.29, 0.717) is 5.92 Å². The largest absolute Gasteiger partial charge is 0.386 e. The molecule has 3 unspecified atom stereocenters. The number of aliphatic hydroxyl groups is 1. The molecular weight excluding hydrogens is 250 g/mol. The molecule has 4 nitrogen and oxygen atoms in total. The molecule has 3 rings (SSSR count). The molecule has 0 spiro atoms. The van der Waals surface area contributed by atoms with E-state index in [2.05, 4.69) is 17.2 Å². The predicted molar refractivity (Wildman–Crippen MR) is 77.4 cm³/mol. The highest BCUT2D eigenvalue weighted by molar-refractivity contribution is 5.32. The second-order valence-corrected chi connectivity index (χ2v) is 5.70. The van der Waals surface area contributed by atoms with Crippen molar-refractivity contribution in [1.29, 1.82) is 0 Å². The molecular formula is C16H21N3O. The molecule has 106 valence electrons. The van der Waals surface area contributed by atoms with Crippen molar-refractivity contribution in [2.24, 2.45) is 11.8 Å². The first kappa shape index (κ1) is 13.3. The van der Waals surface area contributed by atoms with Crippen LogP contribution in [0.2, 0.25) is 0 Å². The first-order chi connectivity index (χ1) is 9.79. The molecule has 4 heteroatoms. The highest BCUT2D eigenvalue weighted by atomic mass is 16.3. The van der Waals surface area contributed by atoms with Gasteiger partial charge in [0, 0.05) is 0 Å². The molecule has 1 aliphatic carbocycles. The van der Waals surface area contributed by atoms with E-state index in [1.54, 1.807) is 10.9 Å². The van der Waals surface area contributed by atoms with E-state index in [1.807, 2.05) is 30.3 Å². The summed E-state index contributed by atoms with van der Waals surface area (Å²) in [6, 6.07) is 9.87. The normalized spacial score (nSPS) is 23.9. The molecule has 1 N–H and O–H groups in total. The van der Waals surface area contributed by atoms with E-state index >= 15 is 0 Å². The smallest absolute Gasteiger partial charge is 0.101 e. The number of hydrogen-bond donors (Lipinski definition) is 1. The molecule has 0 bridgehead atoms. The van der Waals surface area contributed by atoms with Crippen molar-refractivity contribution in [2.75, 3.05) is 0 Å². The molecule has 1 heterocycles. The lowest BCUT2D eigenvalue weighted by molar-refractivity contribution is 0.102. The molecule has 1 fully saturated rings. The number of nitrogens with zero attached hydrogens (tertiary/aromatic N) is 3. The molecule has 0 amide bonds. The van der Waals surface area contributed by atoms with Crippen molar-refractivity contribution in [3.05, 3.63) is 42.2 Å². The summed E-state index contributed by atoms with van der Waals surface area (Å²) >= 11 is 0. The van der Waals surface area contributed by atoms with E-state index in [4.69, 9.17) is 0 Å². The summed E-state index contributed by atoms with van der Waals surface area (Å²) in [7, 11) is 0. The average Bonchev–Trinajstić information content (AvgIpc) is 3.16. The van der Waals surface area contributed by atoms with Gasteiger partial charge in [-0.05, 0) is 36.8 Å². The quantitative estimate of drug-likeness (QED) is 0.929. The first-order valence-electron chi connectivity index (χ1n) is 7.43. The fourth-order valence-electron chi connectivity index (χ4n) is 3.23. The van der Waals surface area contributed by atoms with Gasteiger partial charge in [-0.25, -0.2) is 4.68 Å². The van der Waals surface area contributed by atoms with Gasteiger partial charge in [0.05, 0.1) is 17.6 Å². The Labute approximate surface area is 119 Å². The van der Waals surface area contributed by atoms with Crippen LogP contribution in [0.4, 0.5) is 0 Å². The number of rotatable bonds is 4. The van der Waals surface area contributed by atoms with Crippen LogP contribution < -0.4 is 0 Å². The van der Waals surface area contributed by atoms with Crippen LogP contribution in [-0.2, 0) is 0 Å². The van der Waals surface area contributed by atoms with E-state index in [0.717, 1.165) is 30.1 Å². The Morgan fingerprint density at radius 2 is 2.10 bits per heavy atom. The minimum atomic E-state index is -0.471. The Kier molecular flexibility index (Phi) is 3.83. The zero-order valence-electron chi connectivity index (χ0n) is 11.8. The summed E-state index contributed by atoms with van der Waals surface area (Å²) in [4.78, 5) is 0. The SMILES string of the molecule is CCC1CCC(C(O)c2cnnn2-c2ccccc2)C1. The Morgan fingerprint density at radius 3 is 2.80 bits per heavy atom. The maximum Gasteiger partial charge on any atom is 0.101 e. The van der Waals surface area contributed by atoms with Gasteiger partial charge in [0.1, 0.15) is 6.10 Å². The monoisotopic (exact) mass is 271 g/mol. The number of hydrogen-bond acceptors (Lipinski definition) is 3. The number of benzene rings is 1. The van der Waals surface area contributed by atoms with Gasteiger partial charge in [0.25, 0.3) is 0 Å². The van der Waals surface area contributed by atoms with Gasteiger partial charge >= 0.3 is 0 Å². The maximum absolute atomic E-state index is 10.7. The van der Waals surface area contributed by atoms with Crippen molar-refractivity contribution < 1.29 is 5.11 Å². The zero-order chi connectivity index (χ0) is 13.9. The van der Waals surface area contributed by atoms with Crippen LogP contribution in [0.1, 0.15) is 44.4 Å². The summed E-state index contributed by atoms with van der Waals surface area (Å²) < 4.78 is 1.75. The lowest BCUT2D eigenvalue weighted by Gasteiger charge is -2.18. The van der Waals surface area contributed by atoms with E-state index in [1.165, 1.54) is 12.8 Å². The van der Waals surface area contributed by atoms with Gasteiger partial charge in [0.15, 0.2) is 0 Å². The fourth-order valence-corrected chi connectivity index (χ4v) is 3.23. The summed E-state index contributed by atoms with van der Waals surface area (Å²) in [5.41, 5.74) is 1.75. The van der Waals surface area contributed by atoms with E-state index < -0.39 is 6.10 Å². The zero-order valence-corrected chi connectivity index (χ0v) is 11.8. The van der Waals surface area contributed by atoms with Crippen LogP contribution in [0.5, 0.6) is 0 Å². The highest BCUT2D eigenvalue weighted by Gasteiger charge is 2.31. The molecule has 2 aromatic rings. The van der Waals surface area contributed by atoms with Gasteiger partial charge in [-0.2, -0.15) is 0 Å². The van der Waals surface area contributed by atoms with Gasteiger partial charge in [-0.3, -0.25) is 0 Å². The number of para-hydroxylation sites is 1. The Bertz CT molecular complexity index is 552. The molecule has 1 aromatic heterocycles. The topological polar surface area (TPSA) is 50.9 Å². The molecule has 3 atom stereocenters. The maximum atomic E-state index is 10.7. The second-order valence-electron chi connectivity index (χ2n) is 5.70. The Morgan fingerprint density at radius 1 is 1.30 bits per heavy atom. The highest BCUT2D eigenvalue weighted by Crippen LogP contribution is 2.40. The molecule has 1 saturated carbocycles. The van der Waals surface area contributed by atoms with Crippen molar-refractivity contribution in [3.63, 3.8) is 0 Å². The third-order valence-electron chi connectivity index (χ3n) is 4.49. The predicted octanol–water partition coefficient (Wildman–Crippen LogP) is 3.13. The third-order valence-corrected chi connectivity index (χ3v) is 4.49. The molecule has 1 aromatic carbocycles. The second kappa shape index (κ2) is 5.75. The molecule has 0 saturated heterocycles. The summed E-state index contributed by atoms with van der Waals surface area (Å²) in [6.45, 7) is 2.23. The molecule has 0 aliphatic heterocycles. The van der Waals surface area contributed by atoms with Gasteiger partial charge < -0.3 is 5.11 Å². The van der Waals surface area contributed by atoms with E-state index in [9.17, 15) is 5.11 Å². The summed E-state index contributed by atoms with van der Waals surface area (Å²) in [5.74, 6) is 1.09. The Hall–Kier alpha value is -1.68. The van der Waals surface area contributed by atoms with Crippen LogP contribution in [-0.4, -0.2) is 20.1 Å². The van der Waals surface area contributed by atoms with Crippen LogP contribution in [0, 0.1) is 11.8 Å². The molecule has 0 radical (unpaired) electrons. The van der Waals surface area contributed by atoms with Gasteiger partial charge in [0.2, 0.25) is 0 Å². The summed E-state index contributed by atoms with van der Waals surface area (Å²) in [5, 5.41) is 18.8. The third kappa shape index (κ3) is 2.48. The average molecular weight is 271 g/mol. The van der Waals surface area contributed by atoms with Crippen LogP contribution in [0.15, 0.2) is 36.5 Å². The lowest BCUT2D eigenvalue weighted by Crippen LogP contribution is -2.14. The molecule has 20 heavy (non-hydrogen) atoms. The fraction of sp³-hybridized carbons (Fsp3) is 0.500. The number of aliphatic hydroxyl groups excluding tert-OH is 1. The van der Waals surface area contributed by atoms with Crippen molar-refractivity contribution in [1.82, 2.24) is 15.0 Å². The van der Waals surface area contributed by atoms with Gasteiger partial charge in [-0.1, -0.05) is 43.2 Å². The first-order valence-corrected chi connectivity index (χ1v) is 7.43.